The molecule has 2 rings (SSSR count). The van der Waals surface area contributed by atoms with Gasteiger partial charge in [0.25, 0.3) is 0 Å². The molecule has 0 heterocycles. The first kappa shape index (κ1) is 10.7. The summed E-state index contributed by atoms with van der Waals surface area (Å²) in [6, 6.07) is 5.88. The summed E-state index contributed by atoms with van der Waals surface area (Å²) in [6.45, 7) is 4.12. The third-order valence-corrected chi connectivity index (χ3v) is 3.95. The number of nitrogens with one attached hydrogen (secondary N) is 1. The molecule has 0 aromatic heterocycles. The van der Waals surface area contributed by atoms with Crippen molar-refractivity contribution in [3.8, 4) is 0 Å². The van der Waals surface area contributed by atoms with Crippen LogP contribution in [0, 0.1) is 18.8 Å². The summed E-state index contributed by atoms with van der Waals surface area (Å²) in [6.07, 6.45) is 1.02. The molecule has 1 saturated carbocycles. The summed E-state index contributed by atoms with van der Waals surface area (Å²) >= 11 is 3.48. The summed E-state index contributed by atoms with van der Waals surface area (Å²) in [5.41, 5.74) is 2.01. The molecule has 0 radical (unpaired) electrons. The van der Waals surface area contributed by atoms with Crippen LogP contribution in [0.15, 0.2) is 22.7 Å². The Hall–Kier alpha value is -0.830. The van der Waals surface area contributed by atoms with Crippen molar-refractivity contribution in [1.29, 1.82) is 0 Å². The number of hydrogen-bond donors (Lipinski definition) is 1. The third kappa shape index (κ3) is 2.23. The van der Waals surface area contributed by atoms with Gasteiger partial charge >= 0.3 is 0 Å². The van der Waals surface area contributed by atoms with E-state index in [2.05, 4.69) is 28.2 Å². The highest BCUT2D eigenvalue weighted by atomic mass is 79.9. The molecule has 0 saturated heterocycles. The van der Waals surface area contributed by atoms with Crippen LogP contribution in [-0.4, -0.2) is 5.91 Å². The van der Waals surface area contributed by atoms with E-state index in [1.54, 1.807) is 0 Å². The van der Waals surface area contributed by atoms with Crippen molar-refractivity contribution >= 4 is 27.5 Å². The molecule has 2 atom stereocenters. The van der Waals surface area contributed by atoms with E-state index >= 15 is 0 Å². The first-order valence-electron chi connectivity index (χ1n) is 5.15. The maximum atomic E-state index is 11.7. The summed E-state index contributed by atoms with van der Waals surface area (Å²) in [4.78, 5) is 11.7. The molecule has 2 nitrogen and oxygen atoms in total. The van der Waals surface area contributed by atoms with Crippen molar-refractivity contribution in [3.63, 3.8) is 0 Å². The van der Waals surface area contributed by atoms with Crippen LogP contribution < -0.4 is 5.32 Å². The van der Waals surface area contributed by atoms with E-state index in [-0.39, 0.29) is 11.8 Å². The van der Waals surface area contributed by atoms with E-state index in [4.69, 9.17) is 0 Å². The Kier molecular flexibility index (Phi) is 2.83. The molecule has 2 unspecified atom stereocenters. The van der Waals surface area contributed by atoms with Gasteiger partial charge < -0.3 is 5.32 Å². The van der Waals surface area contributed by atoms with Crippen LogP contribution in [0.3, 0.4) is 0 Å². The smallest absolute Gasteiger partial charge is 0.227 e. The molecular weight excluding hydrogens is 254 g/mol. The van der Waals surface area contributed by atoms with Gasteiger partial charge in [-0.1, -0.05) is 19.1 Å². The molecule has 1 aliphatic rings. The van der Waals surface area contributed by atoms with Crippen LogP contribution in [0.4, 0.5) is 5.69 Å². The summed E-state index contributed by atoms with van der Waals surface area (Å²) in [5.74, 6) is 0.916. The Labute approximate surface area is 98.2 Å². The van der Waals surface area contributed by atoms with Gasteiger partial charge in [0.2, 0.25) is 5.91 Å². The molecule has 0 bridgehead atoms. The van der Waals surface area contributed by atoms with E-state index < -0.39 is 0 Å². The SMILES string of the molecule is Cc1cccc(NC(=O)C2CC2C)c1Br. The summed E-state index contributed by atoms with van der Waals surface area (Å²) in [7, 11) is 0. The van der Waals surface area contributed by atoms with Gasteiger partial charge in [-0.2, -0.15) is 0 Å². The molecule has 1 fully saturated rings. The van der Waals surface area contributed by atoms with Crippen molar-refractivity contribution in [2.24, 2.45) is 11.8 Å². The van der Waals surface area contributed by atoms with Crippen LogP contribution in [0.25, 0.3) is 0 Å². The second kappa shape index (κ2) is 3.97. The average Bonchev–Trinajstić information content (AvgIpc) is 2.91. The lowest BCUT2D eigenvalue weighted by Gasteiger charge is -2.08. The predicted molar refractivity (Wildman–Crippen MR) is 64.8 cm³/mol. The number of halogens is 1. The lowest BCUT2D eigenvalue weighted by Crippen LogP contribution is -2.14. The van der Waals surface area contributed by atoms with Crippen LogP contribution in [0.5, 0.6) is 0 Å². The van der Waals surface area contributed by atoms with Crippen LogP contribution >= 0.6 is 15.9 Å². The van der Waals surface area contributed by atoms with Crippen molar-refractivity contribution in [2.45, 2.75) is 20.3 Å². The fraction of sp³-hybridized carbons (Fsp3) is 0.417. The van der Waals surface area contributed by atoms with E-state index in [0.717, 1.165) is 22.1 Å². The maximum Gasteiger partial charge on any atom is 0.227 e. The summed E-state index contributed by atoms with van der Waals surface area (Å²) in [5, 5.41) is 2.96. The summed E-state index contributed by atoms with van der Waals surface area (Å²) < 4.78 is 0.978. The zero-order valence-corrected chi connectivity index (χ0v) is 10.5. The molecule has 15 heavy (non-hydrogen) atoms. The number of aryl methyl sites for hydroxylation is 1. The number of carbonyl (C=O) groups is 1. The molecule has 1 aromatic carbocycles. The second-order valence-corrected chi connectivity index (χ2v) is 5.04. The van der Waals surface area contributed by atoms with Gasteiger partial charge in [-0.05, 0) is 46.8 Å². The van der Waals surface area contributed by atoms with Gasteiger partial charge in [0, 0.05) is 10.4 Å². The molecule has 80 valence electrons. The predicted octanol–water partition coefficient (Wildman–Crippen LogP) is 3.35. The standard InChI is InChI=1S/C12H14BrNO/c1-7-4-3-5-10(11(7)13)14-12(15)9-6-8(9)2/h3-5,8-9H,6H2,1-2H3,(H,14,15). The zero-order valence-electron chi connectivity index (χ0n) is 8.88. The highest BCUT2D eigenvalue weighted by molar-refractivity contribution is 9.10. The van der Waals surface area contributed by atoms with E-state index in [0.29, 0.717) is 5.92 Å². The van der Waals surface area contributed by atoms with E-state index in [1.165, 1.54) is 0 Å². The maximum absolute atomic E-state index is 11.7. The quantitative estimate of drug-likeness (QED) is 0.875. The number of rotatable bonds is 2. The Morgan fingerprint density at radius 2 is 2.20 bits per heavy atom. The largest absolute Gasteiger partial charge is 0.325 e. The normalized spacial score (nSPS) is 23.7. The molecule has 0 aliphatic heterocycles. The Bertz CT molecular complexity index is 403. The van der Waals surface area contributed by atoms with Gasteiger partial charge in [-0.3, -0.25) is 4.79 Å². The Balaban J connectivity index is 2.10. The second-order valence-electron chi connectivity index (χ2n) is 4.25. The molecular formula is C12H14BrNO. The first-order chi connectivity index (χ1) is 7.09. The van der Waals surface area contributed by atoms with Crippen LogP contribution in [0.2, 0.25) is 0 Å². The van der Waals surface area contributed by atoms with Crippen molar-refractivity contribution in [3.05, 3.63) is 28.2 Å². The topological polar surface area (TPSA) is 29.1 Å². The number of hydrogen-bond acceptors (Lipinski definition) is 1. The lowest BCUT2D eigenvalue weighted by molar-refractivity contribution is -0.117. The molecule has 1 aromatic rings. The number of amides is 1. The van der Waals surface area contributed by atoms with Gasteiger partial charge in [0.05, 0.1) is 5.69 Å². The first-order valence-corrected chi connectivity index (χ1v) is 5.95. The monoisotopic (exact) mass is 267 g/mol. The molecule has 3 heteroatoms. The van der Waals surface area contributed by atoms with Gasteiger partial charge in [0.15, 0.2) is 0 Å². The van der Waals surface area contributed by atoms with Gasteiger partial charge in [-0.25, -0.2) is 0 Å². The van der Waals surface area contributed by atoms with Crippen molar-refractivity contribution in [1.82, 2.24) is 0 Å². The number of benzene rings is 1. The van der Waals surface area contributed by atoms with Crippen LogP contribution in [0.1, 0.15) is 18.9 Å². The Morgan fingerprint density at radius 3 is 2.80 bits per heavy atom. The fourth-order valence-corrected chi connectivity index (χ4v) is 2.02. The molecule has 0 spiro atoms. The third-order valence-electron chi connectivity index (χ3n) is 2.90. The number of carbonyl (C=O) groups excluding carboxylic acids is 1. The van der Waals surface area contributed by atoms with Gasteiger partial charge in [0.1, 0.15) is 0 Å². The Morgan fingerprint density at radius 1 is 1.53 bits per heavy atom. The lowest BCUT2D eigenvalue weighted by atomic mass is 10.2. The average molecular weight is 268 g/mol. The van der Waals surface area contributed by atoms with E-state index in [1.807, 2.05) is 25.1 Å². The number of anilines is 1. The van der Waals surface area contributed by atoms with Crippen molar-refractivity contribution in [2.75, 3.05) is 5.32 Å². The minimum atomic E-state index is 0.147. The fourth-order valence-electron chi connectivity index (χ4n) is 1.66. The molecule has 1 N–H and O–H groups in total. The van der Waals surface area contributed by atoms with Gasteiger partial charge in [-0.15, -0.1) is 0 Å². The minimum Gasteiger partial charge on any atom is -0.325 e. The highest BCUT2D eigenvalue weighted by Crippen LogP contribution is 2.39. The zero-order chi connectivity index (χ0) is 11.0. The van der Waals surface area contributed by atoms with Crippen LogP contribution in [-0.2, 0) is 4.79 Å². The highest BCUT2D eigenvalue weighted by Gasteiger charge is 2.39. The van der Waals surface area contributed by atoms with Crippen molar-refractivity contribution < 1.29 is 4.79 Å². The molecule has 1 aliphatic carbocycles. The van der Waals surface area contributed by atoms with E-state index in [9.17, 15) is 4.79 Å². The molecule has 1 amide bonds. The minimum absolute atomic E-state index is 0.147.